The average molecular weight is 365 g/mol. The fourth-order valence-corrected chi connectivity index (χ4v) is 3.82. The van der Waals surface area contributed by atoms with Crippen LogP contribution in [0.1, 0.15) is 93.8 Å². The molecule has 0 bridgehead atoms. The number of nitrogens with two attached hydrogens (primary N) is 1. The quantitative estimate of drug-likeness (QED) is 0.722. The van der Waals surface area contributed by atoms with Gasteiger partial charge in [0.05, 0.1) is 23.3 Å². The van der Waals surface area contributed by atoms with E-state index in [0.717, 1.165) is 24.0 Å². The first-order chi connectivity index (χ1) is 12.3. The summed E-state index contributed by atoms with van der Waals surface area (Å²) in [7, 11) is 0. The van der Waals surface area contributed by atoms with Gasteiger partial charge in [0, 0.05) is 18.4 Å². The molecule has 0 spiro atoms. The van der Waals surface area contributed by atoms with Crippen molar-refractivity contribution >= 4 is 5.78 Å². The van der Waals surface area contributed by atoms with E-state index >= 15 is 0 Å². The Hall–Kier alpha value is -1.63. The van der Waals surface area contributed by atoms with Crippen molar-refractivity contribution in [3.8, 4) is 0 Å². The number of rotatable bonds is 7. The maximum absolute atomic E-state index is 12.9. The Balaban J connectivity index is 1.68. The van der Waals surface area contributed by atoms with E-state index in [1.165, 1.54) is 32.1 Å². The number of fused-ring (bicyclic) bond motifs is 1. The van der Waals surface area contributed by atoms with Crippen LogP contribution in [0.4, 0.5) is 8.78 Å². The molecule has 2 N–H and O–H groups in total. The molecule has 0 amide bonds. The molecule has 0 aliphatic heterocycles. The highest BCUT2D eigenvalue weighted by Gasteiger charge is 2.22. The lowest BCUT2D eigenvalue weighted by atomic mass is 9.86. The standard InChI is InChI=1S/C19H29F2N5/c1-13-17(14-8-4-3-5-9-14)24-18-23-16(12-26(18)25-13)15(22)10-6-7-11-19(2,20)21/h12,14-15H,3-11,22H2,1-2H3. The Labute approximate surface area is 153 Å². The summed E-state index contributed by atoms with van der Waals surface area (Å²) in [5.41, 5.74) is 8.95. The predicted octanol–water partition coefficient (Wildman–Crippen LogP) is 4.70. The SMILES string of the molecule is Cc1nn2cc(C(N)CCCCC(C)(F)F)nc2nc1C1CCCCC1. The van der Waals surface area contributed by atoms with Crippen LogP contribution in [0.5, 0.6) is 0 Å². The highest BCUT2D eigenvalue weighted by molar-refractivity contribution is 5.33. The molecule has 2 heterocycles. The highest BCUT2D eigenvalue weighted by atomic mass is 19.3. The molecule has 7 heteroatoms. The van der Waals surface area contributed by atoms with Crippen molar-refractivity contribution in [2.75, 3.05) is 0 Å². The van der Waals surface area contributed by atoms with Gasteiger partial charge in [-0.2, -0.15) is 5.10 Å². The first-order valence-electron chi connectivity index (χ1n) is 9.71. The van der Waals surface area contributed by atoms with E-state index in [4.69, 9.17) is 10.7 Å². The zero-order chi connectivity index (χ0) is 18.7. The molecular formula is C19H29F2N5. The molecule has 1 aliphatic rings. The van der Waals surface area contributed by atoms with Crippen LogP contribution in [0.15, 0.2) is 6.20 Å². The molecule has 0 aromatic carbocycles. The van der Waals surface area contributed by atoms with Gasteiger partial charge in [0.1, 0.15) is 0 Å². The first kappa shape index (κ1) is 19.1. The monoisotopic (exact) mass is 365 g/mol. The van der Waals surface area contributed by atoms with Crippen molar-refractivity contribution < 1.29 is 8.78 Å². The Morgan fingerprint density at radius 1 is 1.23 bits per heavy atom. The normalized spacial score (nSPS) is 17.7. The molecule has 0 radical (unpaired) electrons. The van der Waals surface area contributed by atoms with E-state index in [2.05, 4.69) is 10.1 Å². The summed E-state index contributed by atoms with van der Waals surface area (Å²) in [6, 6.07) is -0.276. The molecular weight excluding hydrogens is 336 g/mol. The number of hydrogen-bond donors (Lipinski definition) is 1. The lowest BCUT2D eigenvalue weighted by Crippen LogP contribution is -2.12. The van der Waals surface area contributed by atoms with E-state index in [9.17, 15) is 8.78 Å². The van der Waals surface area contributed by atoms with Crippen LogP contribution in [0, 0.1) is 6.92 Å². The van der Waals surface area contributed by atoms with Gasteiger partial charge in [-0.15, -0.1) is 0 Å². The minimum absolute atomic E-state index is 0.0993. The largest absolute Gasteiger partial charge is 0.323 e. The Morgan fingerprint density at radius 3 is 2.65 bits per heavy atom. The van der Waals surface area contributed by atoms with Crippen LogP contribution < -0.4 is 5.73 Å². The molecule has 144 valence electrons. The number of halogens is 2. The van der Waals surface area contributed by atoms with Crippen molar-refractivity contribution in [3.05, 3.63) is 23.3 Å². The van der Waals surface area contributed by atoms with E-state index in [-0.39, 0.29) is 12.5 Å². The number of imidazole rings is 1. The molecule has 1 atom stereocenters. The van der Waals surface area contributed by atoms with E-state index in [1.807, 2.05) is 13.1 Å². The summed E-state index contributed by atoms with van der Waals surface area (Å²) in [6.45, 7) is 2.96. The van der Waals surface area contributed by atoms with Gasteiger partial charge in [-0.1, -0.05) is 25.7 Å². The van der Waals surface area contributed by atoms with Gasteiger partial charge in [0.25, 0.3) is 5.78 Å². The molecule has 26 heavy (non-hydrogen) atoms. The Kier molecular flexibility index (Phi) is 5.85. The number of unbranched alkanes of at least 4 members (excludes halogenated alkanes) is 1. The van der Waals surface area contributed by atoms with Crippen molar-refractivity contribution in [1.82, 2.24) is 19.6 Å². The van der Waals surface area contributed by atoms with Gasteiger partial charge in [-0.3, -0.25) is 0 Å². The van der Waals surface area contributed by atoms with Crippen molar-refractivity contribution in [1.29, 1.82) is 0 Å². The van der Waals surface area contributed by atoms with Crippen LogP contribution in [0.3, 0.4) is 0 Å². The molecule has 1 aliphatic carbocycles. The third-order valence-corrected chi connectivity index (χ3v) is 5.29. The van der Waals surface area contributed by atoms with E-state index < -0.39 is 5.92 Å². The van der Waals surface area contributed by atoms with Gasteiger partial charge < -0.3 is 5.73 Å². The van der Waals surface area contributed by atoms with Gasteiger partial charge in [0.2, 0.25) is 5.92 Å². The number of nitrogens with zero attached hydrogens (tertiary/aromatic N) is 4. The topological polar surface area (TPSA) is 69.1 Å². The number of aryl methyl sites for hydroxylation is 1. The first-order valence-corrected chi connectivity index (χ1v) is 9.71. The van der Waals surface area contributed by atoms with Crippen LogP contribution in [0.25, 0.3) is 5.78 Å². The van der Waals surface area contributed by atoms with Crippen molar-refractivity contribution in [3.63, 3.8) is 0 Å². The lowest BCUT2D eigenvalue weighted by Gasteiger charge is -2.21. The lowest BCUT2D eigenvalue weighted by molar-refractivity contribution is 0.0103. The Morgan fingerprint density at radius 2 is 1.96 bits per heavy atom. The van der Waals surface area contributed by atoms with Gasteiger partial charge in [-0.25, -0.2) is 23.3 Å². The third kappa shape index (κ3) is 4.75. The summed E-state index contributed by atoms with van der Waals surface area (Å²) >= 11 is 0. The second-order valence-corrected chi connectivity index (χ2v) is 7.75. The molecule has 2 aromatic heterocycles. The summed E-state index contributed by atoms with van der Waals surface area (Å²) in [5.74, 6) is -1.54. The Bertz CT molecular complexity index is 731. The zero-order valence-electron chi connectivity index (χ0n) is 15.7. The maximum atomic E-state index is 12.9. The zero-order valence-corrected chi connectivity index (χ0v) is 15.7. The predicted molar refractivity (Wildman–Crippen MR) is 97.4 cm³/mol. The van der Waals surface area contributed by atoms with Crippen LogP contribution in [-0.4, -0.2) is 25.5 Å². The molecule has 1 saturated carbocycles. The second-order valence-electron chi connectivity index (χ2n) is 7.75. The number of aromatic nitrogens is 4. The van der Waals surface area contributed by atoms with E-state index in [1.54, 1.807) is 4.52 Å². The molecule has 2 aromatic rings. The summed E-state index contributed by atoms with van der Waals surface area (Å²) < 4.78 is 27.4. The molecule has 0 saturated heterocycles. The summed E-state index contributed by atoms with van der Waals surface area (Å²) in [6.07, 6.45) is 9.61. The molecule has 5 nitrogen and oxygen atoms in total. The smallest absolute Gasteiger partial charge is 0.251 e. The number of alkyl halides is 2. The summed E-state index contributed by atoms with van der Waals surface area (Å²) in [5, 5.41) is 4.62. The summed E-state index contributed by atoms with van der Waals surface area (Å²) in [4.78, 5) is 9.32. The van der Waals surface area contributed by atoms with Gasteiger partial charge in [0.15, 0.2) is 0 Å². The molecule has 1 fully saturated rings. The minimum atomic E-state index is -2.60. The van der Waals surface area contributed by atoms with Gasteiger partial charge in [-0.05, 0) is 39.5 Å². The van der Waals surface area contributed by atoms with Crippen molar-refractivity contribution in [2.24, 2.45) is 5.73 Å². The van der Waals surface area contributed by atoms with Crippen LogP contribution >= 0.6 is 0 Å². The fourth-order valence-electron chi connectivity index (χ4n) is 3.82. The maximum Gasteiger partial charge on any atom is 0.251 e. The molecule has 3 rings (SSSR count). The van der Waals surface area contributed by atoms with Gasteiger partial charge >= 0.3 is 0 Å². The van der Waals surface area contributed by atoms with Crippen LogP contribution in [-0.2, 0) is 0 Å². The highest BCUT2D eigenvalue weighted by Crippen LogP contribution is 2.33. The number of hydrogen-bond acceptors (Lipinski definition) is 4. The fraction of sp³-hybridized carbons (Fsp3) is 0.737. The van der Waals surface area contributed by atoms with Crippen molar-refractivity contribution in [2.45, 2.75) is 89.5 Å². The van der Waals surface area contributed by atoms with E-state index in [0.29, 0.717) is 31.0 Å². The van der Waals surface area contributed by atoms with Crippen LogP contribution in [0.2, 0.25) is 0 Å². The average Bonchev–Trinajstić information content (AvgIpc) is 3.00. The third-order valence-electron chi connectivity index (χ3n) is 5.29. The minimum Gasteiger partial charge on any atom is -0.323 e. The second kappa shape index (κ2) is 7.94. The molecule has 1 unspecified atom stereocenters.